The number of amides is 1. The van der Waals surface area contributed by atoms with Gasteiger partial charge < -0.3 is 14.8 Å². The van der Waals surface area contributed by atoms with Gasteiger partial charge in [-0.25, -0.2) is 13.4 Å². The minimum atomic E-state index is -3.26. The van der Waals surface area contributed by atoms with Crippen LogP contribution >= 0.6 is 0 Å². The number of carbonyl (C=O) groups is 1. The summed E-state index contributed by atoms with van der Waals surface area (Å²) in [5.41, 5.74) is 6.34. The Bertz CT molecular complexity index is 1510. The van der Waals surface area contributed by atoms with Gasteiger partial charge in [0.15, 0.2) is 9.84 Å². The van der Waals surface area contributed by atoms with Gasteiger partial charge in [-0.1, -0.05) is 48.5 Å². The molecule has 1 aliphatic rings. The number of fused-ring (bicyclic) bond motifs is 1. The molecule has 1 N–H and O–H groups in total. The molecule has 37 heavy (non-hydrogen) atoms. The molecule has 2 heterocycles. The van der Waals surface area contributed by atoms with Gasteiger partial charge in [0.1, 0.15) is 6.04 Å². The summed E-state index contributed by atoms with van der Waals surface area (Å²) < 4.78 is 25.4. The molecule has 1 aliphatic heterocycles. The first-order valence-electron chi connectivity index (χ1n) is 12.1. The molecule has 5 rings (SSSR count). The van der Waals surface area contributed by atoms with Crippen molar-refractivity contribution in [3.8, 4) is 11.1 Å². The Hall–Kier alpha value is -3.91. The van der Waals surface area contributed by atoms with Crippen LogP contribution < -0.4 is 10.2 Å². The molecular formula is C29H29N4O3S. The SMILES string of the molecule is Cn1cncc1CN1c2ccc(-c3ccccc3)cc2C[CH]C1C(=O)NCc1ccc(S(C)(=O)=O)cc1. The lowest BCUT2D eigenvalue weighted by molar-refractivity contribution is -0.122. The number of aryl methyl sites for hydroxylation is 1. The van der Waals surface area contributed by atoms with Crippen molar-refractivity contribution in [1.82, 2.24) is 14.9 Å². The summed E-state index contributed by atoms with van der Waals surface area (Å²) in [7, 11) is -1.31. The highest BCUT2D eigenvalue weighted by atomic mass is 32.2. The fourth-order valence-corrected chi connectivity index (χ4v) is 5.28. The van der Waals surface area contributed by atoms with Crippen LogP contribution in [0.4, 0.5) is 5.69 Å². The van der Waals surface area contributed by atoms with E-state index in [1.165, 1.54) is 11.8 Å². The molecule has 3 aromatic carbocycles. The molecule has 0 aliphatic carbocycles. The molecule has 1 amide bonds. The highest BCUT2D eigenvalue weighted by Crippen LogP contribution is 2.35. The third-order valence-electron chi connectivity index (χ3n) is 6.73. The van der Waals surface area contributed by atoms with E-state index < -0.39 is 15.9 Å². The van der Waals surface area contributed by atoms with Crippen molar-refractivity contribution < 1.29 is 13.2 Å². The van der Waals surface area contributed by atoms with Gasteiger partial charge in [-0.2, -0.15) is 0 Å². The number of benzene rings is 3. The van der Waals surface area contributed by atoms with Crippen LogP contribution in [0, 0.1) is 6.42 Å². The number of carbonyl (C=O) groups excluding carboxylic acids is 1. The maximum absolute atomic E-state index is 13.4. The van der Waals surface area contributed by atoms with E-state index >= 15 is 0 Å². The Morgan fingerprint density at radius 2 is 1.78 bits per heavy atom. The lowest BCUT2D eigenvalue weighted by Crippen LogP contribution is -2.49. The van der Waals surface area contributed by atoms with Crippen LogP contribution in [0.2, 0.25) is 0 Å². The van der Waals surface area contributed by atoms with Gasteiger partial charge >= 0.3 is 0 Å². The van der Waals surface area contributed by atoms with Crippen LogP contribution in [-0.4, -0.2) is 36.2 Å². The largest absolute Gasteiger partial charge is 0.353 e. The predicted octanol–water partition coefficient (Wildman–Crippen LogP) is 3.94. The Kier molecular flexibility index (Phi) is 6.84. The number of hydrogen-bond donors (Lipinski definition) is 1. The fraction of sp³-hybridized carbons (Fsp3) is 0.207. The summed E-state index contributed by atoms with van der Waals surface area (Å²) in [6, 6.07) is 22.8. The van der Waals surface area contributed by atoms with Crippen molar-refractivity contribution in [3.63, 3.8) is 0 Å². The second-order valence-electron chi connectivity index (χ2n) is 9.35. The van der Waals surface area contributed by atoms with Gasteiger partial charge in [0.2, 0.25) is 5.91 Å². The van der Waals surface area contributed by atoms with Crippen molar-refractivity contribution in [2.45, 2.75) is 30.4 Å². The number of nitrogens with zero attached hydrogens (tertiary/aromatic N) is 3. The van der Waals surface area contributed by atoms with Crippen LogP contribution in [0.3, 0.4) is 0 Å². The van der Waals surface area contributed by atoms with Crippen molar-refractivity contribution in [2.24, 2.45) is 7.05 Å². The molecule has 7 nitrogen and oxygen atoms in total. The van der Waals surface area contributed by atoms with Gasteiger partial charge in [0.25, 0.3) is 0 Å². The van der Waals surface area contributed by atoms with E-state index in [4.69, 9.17) is 0 Å². The van der Waals surface area contributed by atoms with Crippen LogP contribution in [0.1, 0.15) is 16.8 Å². The Labute approximate surface area is 217 Å². The first-order valence-corrected chi connectivity index (χ1v) is 14.0. The van der Waals surface area contributed by atoms with Crippen LogP contribution in [0.25, 0.3) is 11.1 Å². The molecule has 1 aromatic heterocycles. The summed E-state index contributed by atoms with van der Waals surface area (Å²) >= 11 is 0. The monoisotopic (exact) mass is 513 g/mol. The van der Waals surface area contributed by atoms with Gasteiger partial charge in [-0.05, 0) is 59.4 Å². The van der Waals surface area contributed by atoms with E-state index in [-0.39, 0.29) is 10.8 Å². The lowest BCUT2D eigenvalue weighted by Gasteiger charge is -2.38. The average Bonchev–Trinajstić information content (AvgIpc) is 3.31. The van der Waals surface area contributed by atoms with Crippen molar-refractivity contribution >= 4 is 21.4 Å². The number of anilines is 1. The van der Waals surface area contributed by atoms with Gasteiger partial charge in [0.05, 0.1) is 23.5 Å². The van der Waals surface area contributed by atoms with Crippen molar-refractivity contribution in [1.29, 1.82) is 0 Å². The Morgan fingerprint density at radius 1 is 1.03 bits per heavy atom. The standard InChI is InChI=1S/C29H29N4O3S/c1-32-20-30-18-25(32)19-33-27-14-10-23(22-6-4-3-5-7-22)16-24(27)11-15-28(33)29(34)31-17-21-8-12-26(13-9-21)37(2,35)36/h3-10,12-16,18,20,28H,11,17,19H2,1-2H3,(H,31,34). The molecule has 8 heteroatoms. The van der Waals surface area contributed by atoms with Crippen molar-refractivity contribution in [2.75, 3.05) is 11.2 Å². The van der Waals surface area contributed by atoms with E-state index in [2.05, 4.69) is 52.0 Å². The number of imidazole rings is 1. The highest BCUT2D eigenvalue weighted by molar-refractivity contribution is 7.90. The second-order valence-corrected chi connectivity index (χ2v) is 11.4. The number of aromatic nitrogens is 2. The average molecular weight is 514 g/mol. The Morgan fingerprint density at radius 3 is 2.46 bits per heavy atom. The summed E-state index contributed by atoms with van der Waals surface area (Å²) in [4.78, 5) is 20.0. The Balaban J connectivity index is 1.38. The third-order valence-corrected chi connectivity index (χ3v) is 7.86. The molecule has 4 aromatic rings. The minimum absolute atomic E-state index is 0.104. The fourth-order valence-electron chi connectivity index (χ4n) is 4.65. The number of nitrogens with one attached hydrogen (secondary N) is 1. The molecule has 0 saturated carbocycles. The zero-order valence-electron chi connectivity index (χ0n) is 20.8. The molecule has 0 fully saturated rings. The summed E-state index contributed by atoms with van der Waals surface area (Å²) in [5, 5.41) is 3.04. The molecule has 1 radical (unpaired) electrons. The molecule has 0 bridgehead atoms. The van der Waals surface area contributed by atoms with Crippen molar-refractivity contribution in [3.05, 3.63) is 109 Å². The number of sulfone groups is 1. The van der Waals surface area contributed by atoms with E-state index in [0.717, 1.165) is 28.1 Å². The molecule has 1 atom stereocenters. The summed E-state index contributed by atoms with van der Waals surface area (Å²) in [6.07, 6.45) is 7.50. The molecular weight excluding hydrogens is 484 g/mol. The van der Waals surface area contributed by atoms with Crippen LogP contribution in [0.5, 0.6) is 0 Å². The molecule has 0 saturated heterocycles. The number of rotatable bonds is 7. The van der Waals surface area contributed by atoms with Crippen LogP contribution in [-0.2, 0) is 41.2 Å². The predicted molar refractivity (Wildman–Crippen MR) is 144 cm³/mol. The second kappa shape index (κ2) is 10.2. The first-order chi connectivity index (χ1) is 17.8. The normalized spacial score (nSPS) is 15.3. The topological polar surface area (TPSA) is 84.3 Å². The molecule has 0 spiro atoms. The first kappa shape index (κ1) is 24.8. The van der Waals surface area contributed by atoms with E-state index in [1.54, 1.807) is 30.6 Å². The van der Waals surface area contributed by atoms with Crippen LogP contribution in [0.15, 0.2) is 90.2 Å². The minimum Gasteiger partial charge on any atom is -0.353 e. The summed E-state index contributed by atoms with van der Waals surface area (Å²) in [6.45, 7) is 0.846. The quantitative estimate of drug-likeness (QED) is 0.405. The van der Waals surface area contributed by atoms with E-state index in [1.807, 2.05) is 36.0 Å². The summed E-state index contributed by atoms with van der Waals surface area (Å²) in [5.74, 6) is -0.104. The van der Waals surface area contributed by atoms with E-state index in [9.17, 15) is 13.2 Å². The molecule has 1 unspecified atom stereocenters. The maximum atomic E-state index is 13.4. The number of hydrogen-bond acceptors (Lipinski definition) is 5. The van der Waals surface area contributed by atoms with Gasteiger partial charge in [-0.15, -0.1) is 0 Å². The smallest absolute Gasteiger partial charge is 0.243 e. The highest BCUT2D eigenvalue weighted by Gasteiger charge is 2.32. The zero-order chi connectivity index (χ0) is 26.0. The molecule has 189 valence electrons. The van der Waals surface area contributed by atoms with E-state index in [0.29, 0.717) is 19.5 Å². The third kappa shape index (κ3) is 5.44. The zero-order valence-corrected chi connectivity index (χ0v) is 21.7. The van der Waals surface area contributed by atoms with Gasteiger partial charge in [-0.3, -0.25) is 4.79 Å². The lowest BCUT2D eigenvalue weighted by atomic mass is 9.92. The van der Waals surface area contributed by atoms with Gasteiger partial charge in [0, 0.05) is 31.7 Å². The maximum Gasteiger partial charge on any atom is 0.243 e.